The fourth-order valence-electron chi connectivity index (χ4n) is 3.64. The molecule has 142 valence electrons. The highest BCUT2D eigenvalue weighted by Crippen LogP contribution is 2.35. The zero-order chi connectivity index (χ0) is 19.1. The van der Waals surface area contributed by atoms with E-state index in [-0.39, 0.29) is 18.2 Å². The number of likely N-dealkylation sites (tertiary alicyclic amines) is 1. The highest BCUT2D eigenvalue weighted by molar-refractivity contribution is 6.34. The number of carbonyl (C=O) groups is 1. The Bertz CT molecular complexity index is 812. The van der Waals surface area contributed by atoms with E-state index in [0.717, 1.165) is 22.9 Å². The number of aryl methyl sites for hydroxylation is 1. The van der Waals surface area contributed by atoms with Gasteiger partial charge in [-0.1, -0.05) is 11.6 Å². The first-order valence-electron chi connectivity index (χ1n) is 8.81. The molecule has 3 rings (SSSR count). The topological polar surface area (TPSA) is 56.6 Å². The number of ether oxygens (including phenoxy) is 2. The van der Waals surface area contributed by atoms with E-state index >= 15 is 0 Å². The molecule has 0 saturated carbocycles. The van der Waals surface area contributed by atoms with Gasteiger partial charge >= 0.3 is 6.09 Å². The summed E-state index contributed by atoms with van der Waals surface area (Å²) < 4.78 is 13.1. The summed E-state index contributed by atoms with van der Waals surface area (Å²) in [5, 5.41) is 1.47. The lowest BCUT2D eigenvalue weighted by atomic mass is 10.1. The first-order chi connectivity index (χ1) is 12.2. The third-order valence-corrected chi connectivity index (χ3v) is 4.95. The highest BCUT2D eigenvalue weighted by Gasteiger charge is 2.38. The van der Waals surface area contributed by atoms with Crippen molar-refractivity contribution in [2.24, 2.45) is 0 Å². The van der Waals surface area contributed by atoms with Crippen molar-refractivity contribution < 1.29 is 14.3 Å². The summed E-state index contributed by atoms with van der Waals surface area (Å²) in [6, 6.07) is 2.09. The van der Waals surface area contributed by atoms with Crippen LogP contribution in [0.4, 0.5) is 4.79 Å². The van der Waals surface area contributed by atoms with Crippen LogP contribution in [0.2, 0.25) is 5.15 Å². The molecule has 26 heavy (non-hydrogen) atoms. The van der Waals surface area contributed by atoms with Gasteiger partial charge in [-0.25, -0.2) is 9.78 Å². The quantitative estimate of drug-likeness (QED) is 0.750. The van der Waals surface area contributed by atoms with Crippen LogP contribution in [-0.4, -0.2) is 52.4 Å². The molecule has 2 atom stereocenters. The molecule has 0 aliphatic carbocycles. The van der Waals surface area contributed by atoms with E-state index < -0.39 is 5.60 Å². The van der Waals surface area contributed by atoms with E-state index in [2.05, 4.69) is 15.7 Å². The minimum absolute atomic E-state index is 0.0186. The van der Waals surface area contributed by atoms with Crippen LogP contribution in [0.15, 0.2) is 18.5 Å². The van der Waals surface area contributed by atoms with Gasteiger partial charge in [-0.3, -0.25) is 0 Å². The van der Waals surface area contributed by atoms with Crippen LogP contribution in [0.25, 0.3) is 10.9 Å². The third-order valence-electron chi connectivity index (χ3n) is 4.66. The smallest absolute Gasteiger partial charge is 0.410 e. The lowest BCUT2D eigenvalue weighted by Gasteiger charge is -2.28. The molecule has 1 fully saturated rings. The number of hydrogen-bond acceptors (Lipinski definition) is 4. The van der Waals surface area contributed by atoms with Crippen molar-refractivity contribution in [3.8, 4) is 0 Å². The van der Waals surface area contributed by atoms with Gasteiger partial charge in [-0.15, -0.1) is 0 Å². The second-order valence-corrected chi connectivity index (χ2v) is 8.20. The summed E-state index contributed by atoms with van der Waals surface area (Å²) in [6.45, 7) is 8.72. The molecule has 0 bridgehead atoms. The molecule has 1 aliphatic heterocycles. The minimum Gasteiger partial charge on any atom is -0.444 e. The van der Waals surface area contributed by atoms with Crippen LogP contribution in [0.1, 0.15) is 38.8 Å². The van der Waals surface area contributed by atoms with Gasteiger partial charge in [-0.05, 0) is 45.7 Å². The molecule has 0 spiro atoms. The van der Waals surface area contributed by atoms with Crippen LogP contribution in [0, 0.1) is 6.92 Å². The number of methoxy groups -OCH3 is 1. The Balaban J connectivity index is 1.91. The van der Waals surface area contributed by atoms with Crippen molar-refractivity contribution in [1.82, 2.24) is 14.5 Å². The van der Waals surface area contributed by atoms with Gasteiger partial charge in [0.15, 0.2) is 0 Å². The number of amides is 1. The van der Waals surface area contributed by atoms with E-state index in [0.29, 0.717) is 18.3 Å². The van der Waals surface area contributed by atoms with Crippen molar-refractivity contribution in [2.75, 3.05) is 20.3 Å². The van der Waals surface area contributed by atoms with Gasteiger partial charge in [0.1, 0.15) is 10.8 Å². The first kappa shape index (κ1) is 19.0. The van der Waals surface area contributed by atoms with Crippen molar-refractivity contribution in [3.63, 3.8) is 0 Å². The molecule has 3 heterocycles. The van der Waals surface area contributed by atoms with Crippen molar-refractivity contribution in [3.05, 3.63) is 29.2 Å². The second kappa shape index (κ2) is 7.08. The van der Waals surface area contributed by atoms with Crippen LogP contribution in [-0.2, 0) is 9.47 Å². The van der Waals surface area contributed by atoms with Gasteiger partial charge in [0.25, 0.3) is 0 Å². The maximum atomic E-state index is 12.7. The SMILES string of the molecule is COC[C@H]1C[C@H](n2cc(C)c3c(Cl)nccc32)CN1C(=O)OC(C)(C)C. The van der Waals surface area contributed by atoms with E-state index in [1.54, 1.807) is 18.2 Å². The molecule has 0 radical (unpaired) electrons. The lowest BCUT2D eigenvalue weighted by Crippen LogP contribution is -2.41. The van der Waals surface area contributed by atoms with Crippen LogP contribution >= 0.6 is 11.6 Å². The molecule has 2 aromatic rings. The molecule has 7 heteroatoms. The molecule has 6 nitrogen and oxygen atoms in total. The maximum Gasteiger partial charge on any atom is 0.410 e. The Morgan fingerprint density at radius 1 is 1.42 bits per heavy atom. The number of carbonyl (C=O) groups excluding carboxylic acids is 1. The molecule has 0 unspecified atom stereocenters. The van der Waals surface area contributed by atoms with Gasteiger partial charge in [0, 0.05) is 31.4 Å². The largest absolute Gasteiger partial charge is 0.444 e. The highest BCUT2D eigenvalue weighted by atomic mass is 35.5. The molecular weight excluding hydrogens is 354 g/mol. The summed E-state index contributed by atoms with van der Waals surface area (Å²) in [4.78, 5) is 18.6. The fourth-order valence-corrected chi connectivity index (χ4v) is 3.94. The molecule has 1 saturated heterocycles. The van der Waals surface area contributed by atoms with Gasteiger partial charge in [-0.2, -0.15) is 0 Å². The van der Waals surface area contributed by atoms with E-state index in [1.807, 2.05) is 33.8 Å². The number of pyridine rings is 1. The van der Waals surface area contributed by atoms with Crippen molar-refractivity contribution >= 4 is 28.6 Å². The number of halogens is 1. The molecule has 0 N–H and O–H groups in total. The van der Waals surface area contributed by atoms with E-state index in [1.165, 1.54) is 0 Å². The molecule has 1 amide bonds. The molecule has 0 aromatic carbocycles. The van der Waals surface area contributed by atoms with Crippen LogP contribution < -0.4 is 0 Å². The van der Waals surface area contributed by atoms with E-state index in [4.69, 9.17) is 21.1 Å². The number of nitrogens with zero attached hydrogens (tertiary/aromatic N) is 3. The average Bonchev–Trinajstić information content (AvgIpc) is 3.08. The van der Waals surface area contributed by atoms with E-state index in [9.17, 15) is 4.79 Å². The number of rotatable bonds is 3. The first-order valence-corrected chi connectivity index (χ1v) is 9.19. The van der Waals surface area contributed by atoms with Crippen LogP contribution in [0.3, 0.4) is 0 Å². The predicted molar refractivity (Wildman–Crippen MR) is 102 cm³/mol. The van der Waals surface area contributed by atoms with Crippen LogP contribution in [0.5, 0.6) is 0 Å². The van der Waals surface area contributed by atoms with Gasteiger partial charge in [0.05, 0.1) is 24.2 Å². The minimum atomic E-state index is -0.525. The normalized spacial score (nSPS) is 20.8. The lowest BCUT2D eigenvalue weighted by molar-refractivity contribution is 0.0146. The Labute approximate surface area is 159 Å². The summed E-state index contributed by atoms with van der Waals surface area (Å²) in [6.07, 6.45) is 4.31. The Morgan fingerprint density at radius 3 is 2.81 bits per heavy atom. The van der Waals surface area contributed by atoms with Gasteiger partial charge in [0.2, 0.25) is 0 Å². The average molecular weight is 380 g/mol. The number of hydrogen-bond donors (Lipinski definition) is 0. The summed E-state index contributed by atoms with van der Waals surface area (Å²) in [7, 11) is 1.65. The summed E-state index contributed by atoms with van der Waals surface area (Å²) in [5.74, 6) is 0. The van der Waals surface area contributed by atoms with Crippen molar-refractivity contribution in [2.45, 2.75) is 51.8 Å². The molecule has 2 aromatic heterocycles. The third kappa shape index (κ3) is 3.67. The number of fused-ring (bicyclic) bond motifs is 1. The zero-order valence-electron chi connectivity index (χ0n) is 16.0. The van der Waals surface area contributed by atoms with Gasteiger partial charge < -0.3 is 18.9 Å². The monoisotopic (exact) mass is 379 g/mol. The Hall–Kier alpha value is -1.79. The maximum absolute atomic E-state index is 12.7. The predicted octanol–water partition coefficient (Wildman–Crippen LogP) is 4.20. The Morgan fingerprint density at radius 2 is 2.15 bits per heavy atom. The Kier molecular flexibility index (Phi) is 5.17. The fraction of sp³-hybridized carbons (Fsp3) is 0.579. The summed E-state index contributed by atoms with van der Waals surface area (Å²) >= 11 is 6.28. The molecular formula is C19H26ClN3O3. The zero-order valence-corrected chi connectivity index (χ0v) is 16.7. The standard InChI is InChI=1S/C19H26ClN3O3/c1-12-9-22(15-6-7-21-17(20)16(12)15)13-8-14(11-25-5)23(10-13)18(24)26-19(2,3)4/h6-7,9,13-14H,8,10-11H2,1-5H3/t13-,14+/m0/s1. The second-order valence-electron chi connectivity index (χ2n) is 7.85. The number of aromatic nitrogens is 2. The summed E-state index contributed by atoms with van der Waals surface area (Å²) in [5.41, 5.74) is 1.59. The van der Waals surface area contributed by atoms with Crippen molar-refractivity contribution in [1.29, 1.82) is 0 Å². The molecule has 1 aliphatic rings.